The molecule has 0 N–H and O–H groups in total. The third-order valence-electron chi connectivity index (χ3n) is 5.00. The first-order valence-corrected chi connectivity index (χ1v) is 11.2. The van der Waals surface area contributed by atoms with Crippen LogP contribution in [0.2, 0.25) is 10.0 Å². The number of benzene rings is 3. The average molecular weight is 469 g/mol. The summed E-state index contributed by atoms with van der Waals surface area (Å²) in [5, 5.41) is 1.93. The molecule has 0 spiro atoms. The highest BCUT2D eigenvalue weighted by atomic mass is 35.5. The summed E-state index contributed by atoms with van der Waals surface area (Å²) in [6.07, 6.45) is 0. The van der Waals surface area contributed by atoms with Crippen molar-refractivity contribution in [3.05, 3.63) is 103 Å². The second-order valence-corrected chi connectivity index (χ2v) is 9.42. The number of thiazole rings is 1. The van der Waals surface area contributed by atoms with Crippen molar-refractivity contribution in [1.82, 2.24) is 8.97 Å². The van der Waals surface area contributed by atoms with Crippen molar-refractivity contribution >= 4 is 63.3 Å². The molecule has 0 fully saturated rings. The van der Waals surface area contributed by atoms with E-state index in [-0.39, 0.29) is 5.56 Å². The Bertz CT molecular complexity index is 1530. The SMILES string of the molecule is O=c1c2ccccc2n2c(=S)sc(-c3cccc(Cl)c3)c2n1Cc1ccc(Cl)cc1. The third-order valence-corrected chi connectivity index (χ3v) is 6.90. The van der Waals surface area contributed by atoms with Crippen LogP contribution in [0.1, 0.15) is 5.56 Å². The Kier molecular flexibility index (Phi) is 4.99. The van der Waals surface area contributed by atoms with Crippen molar-refractivity contribution in [3.63, 3.8) is 0 Å². The third kappa shape index (κ3) is 3.28. The standard InChI is InChI=1S/C23H14Cl2N2OS2/c24-16-10-8-14(9-11-16)13-26-21-20(15-4-3-5-17(25)12-15)30-23(29)27(21)19-7-2-1-6-18(19)22(26)28/h1-12H,13H2. The number of rotatable bonds is 3. The monoisotopic (exact) mass is 468 g/mol. The van der Waals surface area contributed by atoms with Crippen LogP contribution in [-0.4, -0.2) is 8.97 Å². The molecule has 0 atom stereocenters. The molecule has 0 aliphatic carbocycles. The highest BCUT2D eigenvalue weighted by Gasteiger charge is 2.18. The van der Waals surface area contributed by atoms with E-state index in [9.17, 15) is 4.79 Å². The molecule has 0 bridgehead atoms. The number of para-hydroxylation sites is 1. The molecule has 7 heteroatoms. The highest BCUT2D eigenvalue weighted by molar-refractivity contribution is 7.73. The van der Waals surface area contributed by atoms with Crippen LogP contribution in [0.3, 0.4) is 0 Å². The van der Waals surface area contributed by atoms with Gasteiger partial charge in [-0.3, -0.25) is 13.8 Å². The van der Waals surface area contributed by atoms with Crippen molar-refractivity contribution in [2.24, 2.45) is 0 Å². The van der Waals surface area contributed by atoms with Crippen LogP contribution >= 0.6 is 46.8 Å². The lowest BCUT2D eigenvalue weighted by Gasteiger charge is -2.13. The zero-order valence-corrected chi connectivity index (χ0v) is 18.7. The van der Waals surface area contributed by atoms with Crippen LogP contribution in [0, 0.1) is 3.95 Å². The highest BCUT2D eigenvalue weighted by Crippen LogP contribution is 2.34. The second-order valence-electron chi connectivity index (χ2n) is 6.90. The summed E-state index contributed by atoms with van der Waals surface area (Å²) in [6, 6.07) is 22.7. The van der Waals surface area contributed by atoms with E-state index < -0.39 is 0 Å². The van der Waals surface area contributed by atoms with Gasteiger partial charge in [-0.25, -0.2) is 0 Å². The van der Waals surface area contributed by atoms with Crippen LogP contribution in [0.15, 0.2) is 77.6 Å². The van der Waals surface area contributed by atoms with Crippen LogP contribution in [0.4, 0.5) is 0 Å². The van der Waals surface area contributed by atoms with Gasteiger partial charge in [-0.1, -0.05) is 59.6 Å². The van der Waals surface area contributed by atoms with Gasteiger partial charge in [-0.2, -0.15) is 0 Å². The van der Waals surface area contributed by atoms with E-state index in [0.717, 1.165) is 27.2 Å². The summed E-state index contributed by atoms with van der Waals surface area (Å²) < 4.78 is 4.46. The van der Waals surface area contributed by atoms with E-state index in [0.29, 0.717) is 25.9 Å². The zero-order chi connectivity index (χ0) is 20.8. The van der Waals surface area contributed by atoms with E-state index in [2.05, 4.69) is 0 Å². The Morgan fingerprint density at radius 3 is 2.43 bits per heavy atom. The molecular formula is C23H14Cl2N2OS2. The average Bonchev–Trinajstić information content (AvgIpc) is 3.10. The molecule has 0 saturated carbocycles. The maximum atomic E-state index is 13.5. The van der Waals surface area contributed by atoms with Crippen LogP contribution in [-0.2, 0) is 6.54 Å². The van der Waals surface area contributed by atoms with Gasteiger partial charge in [0.1, 0.15) is 5.65 Å². The number of hydrogen-bond acceptors (Lipinski definition) is 3. The van der Waals surface area contributed by atoms with Gasteiger partial charge in [0.2, 0.25) is 0 Å². The van der Waals surface area contributed by atoms with Gasteiger partial charge in [-0.15, -0.1) is 11.3 Å². The predicted octanol–water partition coefficient (Wildman–Crippen LogP) is 7.07. The Labute approximate surface area is 191 Å². The molecule has 2 heterocycles. The fourth-order valence-corrected chi connectivity index (χ4v) is 5.39. The van der Waals surface area contributed by atoms with Crippen LogP contribution in [0.25, 0.3) is 27.0 Å². The fraction of sp³-hybridized carbons (Fsp3) is 0.0435. The lowest BCUT2D eigenvalue weighted by atomic mass is 10.1. The Morgan fingerprint density at radius 2 is 1.67 bits per heavy atom. The maximum absolute atomic E-state index is 13.5. The first kappa shape index (κ1) is 19.5. The molecule has 5 aromatic rings. The summed E-state index contributed by atoms with van der Waals surface area (Å²) in [5.41, 5.74) is 3.43. The normalized spacial score (nSPS) is 11.4. The van der Waals surface area contributed by atoms with E-state index in [4.69, 9.17) is 35.4 Å². The van der Waals surface area contributed by atoms with Gasteiger partial charge in [0, 0.05) is 10.0 Å². The minimum absolute atomic E-state index is 0.0587. The van der Waals surface area contributed by atoms with Crippen molar-refractivity contribution in [2.75, 3.05) is 0 Å². The molecule has 5 rings (SSSR count). The lowest BCUT2D eigenvalue weighted by Crippen LogP contribution is -2.23. The van der Waals surface area contributed by atoms with Crippen molar-refractivity contribution in [3.8, 4) is 10.4 Å². The van der Waals surface area contributed by atoms with Gasteiger partial charge in [0.05, 0.1) is 22.3 Å². The minimum Gasteiger partial charge on any atom is -0.288 e. The van der Waals surface area contributed by atoms with E-state index >= 15 is 0 Å². The first-order valence-electron chi connectivity index (χ1n) is 9.20. The van der Waals surface area contributed by atoms with E-state index in [1.54, 1.807) is 4.57 Å². The molecule has 30 heavy (non-hydrogen) atoms. The van der Waals surface area contributed by atoms with Crippen LogP contribution in [0.5, 0.6) is 0 Å². The largest absolute Gasteiger partial charge is 0.288 e. The molecule has 0 saturated heterocycles. The molecule has 0 amide bonds. The number of aromatic nitrogens is 2. The quantitative estimate of drug-likeness (QED) is 0.264. The molecule has 0 aliphatic heterocycles. The topological polar surface area (TPSA) is 26.4 Å². The first-order chi connectivity index (χ1) is 14.5. The zero-order valence-electron chi connectivity index (χ0n) is 15.5. The van der Waals surface area contributed by atoms with Crippen molar-refractivity contribution in [1.29, 1.82) is 0 Å². The summed E-state index contributed by atoms with van der Waals surface area (Å²) in [5.74, 6) is 0. The summed E-state index contributed by atoms with van der Waals surface area (Å²) in [6.45, 7) is 0.406. The van der Waals surface area contributed by atoms with Gasteiger partial charge in [-0.05, 0) is 59.7 Å². The summed E-state index contributed by atoms with van der Waals surface area (Å²) in [7, 11) is 0. The lowest BCUT2D eigenvalue weighted by molar-refractivity contribution is 0.781. The summed E-state index contributed by atoms with van der Waals surface area (Å²) >= 11 is 19.5. The van der Waals surface area contributed by atoms with E-state index in [1.807, 2.05) is 77.2 Å². The molecule has 148 valence electrons. The minimum atomic E-state index is -0.0587. The molecule has 3 aromatic carbocycles. The Balaban J connectivity index is 1.90. The Hall–Kier alpha value is -2.44. The van der Waals surface area contributed by atoms with Gasteiger partial charge >= 0.3 is 0 Å². The van der Waals surface area contributed by atoms with Crippen molar-refractivity contribution < 1.29 is 0 Å². The molecule has 0 unspecified atom stereocenters. The molecule has 3 nitrogen and oxygen atoms in total. The van der Waals surface area contributed by atoms with Crippen LogP contribution < -0.4 is 5.56 Å². The summed E-state index contributed by atoms with van der Waals surface area (Å²) in [4.78, 5) is 14.5. The molecule has 2 aromatic heterocycles. The fourth-order valence-electron chi connectivity index (χ4n) is 3.65. The molecule has 0 radical (unpaired) electrons. The molecular weight excluding hydrogens is 455 g/mol. The van der Waals surface area contributed by atoms with Gasteiger partial charge < -0.3 is 0 Å². The number of halogens is 2. The van der Waals surface area contributed by atoms with Crippen molar-refractivity contribution in [2.45, 2.75) is 6.54 Å². The van der Waals surface area contributed by atoms with Gasteiger partial charge in [0.15, 0.2) is 3.95 Å². The number of hydrogen-bond donors (Lipinski definition) is 0. The predicted molar refractivity (Wildman–Crippen MR) is 129 cm³/mol. The number of fused-ring (bicyclic) bond motifs is 3. The smallest absolute Gasteiger partial charge is 0.261 e. The Morgan fingerprint density at radius 1 is 0.900 bits per heavy atom. The number of nitrogens with zero attached hydrogens (tertiary/aromatic N) is 2. The second kappa shape index (κ2) is 7.67. The molecule has 0 aliphatic rings. The van der Waals surface area contributed by atoms with E-state index in [1.165, 1.54) is 11.3 Å². The van der Waals surface area contributed by atoms with Gasteiger partial charge in [0.25, 0.3) is 5.56 Å². The maximum Gasteiger partial charge on any atom is 0.261 e.